The zero-order chi connectivity index (χ0) is 23.3. The largest absolute Gasteiger partial charge is 0.495 e. The average molecular weight is 458 g/mol. The van der Waals surface area contributed by atoms with Crippen LogP contribution in [0.3, 0.4) is 0 Å². The molecule has 2 aromatic carbocycles. The molecule has 3 aromatic rings. The van der Waals surface area contributed by atoms with E-state index >= 15 is 0 Å². The smallest absolute Gasteiger partial charge is 0.271 e. The summed E-state index contributed by atoms with van der Waals surface area (Å²) in [4.78, 5) is 40.9. The predicted octanol–water partition coefficient (Wildman–Crippen LogP) is 3.08. The highest BCUT2D eigenvalue weighted by atomic mass is 32.2. The van der Waals surface area contributed by atoms with Gasteiger partial charge in [0, 0.05) is 19.2 Å². The number of aromatic nitrogens is 2. The van der Waals surface area contributed by atoms with E-state index in [0.29, 0.717) is 28.4 Å². The first kappa shape index (κ1) is 23.2. The Morgan fingerprint density at radius 2 is 2.03 bits per heavy atom. The summed E-state index contributed by atoms with van der Waals surface area (Å²) in [5.41, 5.74) is 0.318. The van der Waals surface area contributed by atoms with Crippen molar-refractivity contribution in [2.45, 2.75) is 23.9 Å². The Bertz CT molecular complexity index is 1210. The number of rotatable bonds is 9. The summed E-state index contributed by atoms with van der Waals surface area (Å²) in [6, 6.07) is 10.9. The van der Waals surface area contributed by atoms with Crippen molar-refractivity contribution >= 4 is 39.9 Å². The number of hydrogen-bond donors (Lipinski definition) is 1. The molecule has 3 rings (SSSR count). The third-order valence-corrected chi connectivity index (χ3v) is 5.74. The van der Waals surface area contributed by atoms with Gasteiger partial charge in [0.2, 0.25) is 5.91 Å². The molecule has 1 atom stereocenters. The van der Waals surface area contributed by atoms with Crippen LogP contribution in [-0.4, -0.2) is 46.5 Å². The van der Waals surface area contributed by atoms with E-state index in [1.807, 2.05) is 0 Å². The molecule has 32 heavy (non-hydrogen) atoms. The highest BCUT2D eigenvalue weighted by molar-refractivity contribution is 8.00. The molecule has 0 saturated carbocycles. The lowest BCUT2D eigenvalue weighted by molar-refractivity contribution is -0.384. The summed E-state index contributed by atoms with van der Waals surface area (Å²) in [5.74, 6) is -0.128. The van der Waals surface area contributed by atoms with Crippen molar-refractivity contribution in [3.63, 3.8) is 0 Å². The van der Waals surface area contributed by atoms with Crippen LogP contribution in [0.1, 0.15) is 6.92 Å². The number of amides is 1. The number of nitro benzene ring substituents is 1. The molecule has 0 saturated heterocycles. The predicted molar refractivity (Wildman–Crippen MR) is 121 cm³/mol. The van der Waals surface area contributed by atoms with Gasteiger partial charge >= 0.3 is 0 Å². The first-order chi connectivity index (χ1) is 15.3. The minimum atomic E-state index is -0.666. The molecule has 0 unspecified atom stereocenters. The number of fused-ring (bicyclic) bond motifs is 1. The van der Waals surface area contributed by atoms with Gasteiger partial charge in [-0.2, -0.15) is 0 Å². The number of benzene rings is 2. The Balaban J connectivity index is 1.89. The summed E-state index contributed by atoms with van der Waals surface area (Å²) in [5, 5.41) is 13.9. The number of nitrogens with one attached hydrogen (secondary N) is 1. The van der Waals surface area contributed by atoms with Crippen molar-refractivity contribution in [2.24, 2.45) is 0 Å². The molecule has 1 amide bonds. The van der Waals surface area contributed by atoms with Gasteiger partial charge in [-0.15, -0.1) is 0 Å². The van der Waals surface area contributed by atoms with Crippen LogP contribution in [0.2, 0.25) is 0 Å². The molecule has 0 radical (unpaired) electrons. The molecule has 0 aliphatic heterocycles. The van der Waals surface area contributed by atoms with Crippen molar-refractivity contribution in [3.05, 3.63) is 62.9 Å². The van der Waals surface area contributed by atoms with Crippen LogP contribution in [0.5, 0.6) is 5.75 Å². The van der Waals surface area contributed by atoms with Gasteiger partial charge < -0.3 is 14.8 Å². The Morgan fingerprint density at radius 3 is 2.72 bits per heavy atom. The van der Waals surface area contributed by atoms with Crippen molar-refractivity contribution in [3.8, 4) is 5.75 Å². The van der Waals surface area contributed by atoms with E-state index in [0.717, 1.165) is 11.8 Å². The van der Waals surface area contributed by atoms with Gasteiger partial charge in [0.1, 0.15) is 5.75 Å². The number of hydrogen-bond acceptors (Lipinski definition) is 8. The number of anilines is 1. The normalized spacial score (nSPS) is 11.8. The topological polar surface area (TPSA) is 126 Å². The highest BCUT2D eigenvalue weighted by Gasteiger charge is 2.21. The molecule has 0 fully saturated rings. The molecule has 1 heterocycles. The number of thioether (sulfide) groups is 1. The first-order valence-corrected chi connectivity index (χ1v) is 10.5. The maximum absolute atomic E-state index is 13.0. The van der Waals surface area contributed by atoms with Gasteiger partial charge in [-0.3, -0.25) is 24.3 Å². The molecular weight excluding hydrogens is 436 g/mol. The lowest BCUT2D eigenvalue weighted by Gasteiger charge is -2.17. The Hall–Kier alpha value is -3.44. The summed E-state index contributed by atoms with van der Waals surface area (Å²) in [6.07, 6.45) is 0. The van der Waals surface area contributed by atoms with Gasteiger partial charge in [-0.25, -0.2) is 4.98 Å². The molecule has 11 heteroatoms. The quantitative estimate of drug-likeness (QED) is 0.224. The molecule has 0 spiro atoms. The van der Waals surface area contributed by atoms with Crippen LogP contribution < -0.4 is 15.6 Å². The number of methoxy groups -OCH3 is 2. The lowest BCUT2D eigenvalue weighted by Crippen LogP contribution is -2.28. The van der Waals surface area contributed by atoms with Gasteiger partial charge in [0.05, 0.1) is 47.0 Å². The van der Waals surface area contributed by atoms with Crippen LogP contribution in [0.15, 0.2) is 52.4 Å². The fourth-order valence-corrected chi connectivity index (χ4v) is 3.91. The van der Waals surface area contributed by atoms with Crippen molar-refractivity contribution in [2.75, 3.05) is 26.1 Å². The first-order valence-electron chi connectivity index (χ1n) is 9.64. The van der Waals surface area contributed by atoms with E-state index in [1.165, 1.54) is 37.0 Å². The van der Waals surface area contributed by atoms with Crippen molar-refractivity contribution < 1.29 is 19.2 Å². The molecule has 10 nitrogen and oxygen atoms in total. The second kappa shape index (κ2) is 10.2. The monoisotopic (exact) mass is 458 g/mol. The maximum Gasteiger partial charge on any atom is 0.271 e. The minimum absolute atomic E-state index is 0.175. The number of para-hydroxylation sites is 1. The zero-order valence-electron chi connectivity index (χ0n) is 17.7. The minimum Gasteiger partial charge on any atom is -0.495 e. The van der Waals surface area contributed by atoms with E-state index in [1.54, 1.807) is 31.2 Å². The summed E-state index contributed by atoms with van der Waals surface area (Å²) in [7, 11) is 2.94. The Kier molecular flexibility index (Phi) is 7.44. The number of ether oxygens (including phenoxy) is 2. The second-order valence-corrected chi connectivity index (χ2v) is 8.06. The van der Waals surface area contributed by atoms with Crippen molar-refractivity contribution in [1.82, 2.24) is 9.55 Å². The van der Waals surface area contributed by atoms with E-state index in [4.69, 9.17) is 9.47 Å². The number of nitrogens with zero attached hydrogens (tertiary/aromatic N) is 3. The van der Waals surface area contributed by atoms with E-state index in [2.05, 4.69) is 10.3 Å². The average Bonchev–Trinajstić information content (AvgIpc) is 2.78. The second-order valence-electron chi connectivity index (χ2n) is 6.75. The highest BCUT2D eigenvalue weighted by Crippen LogP contribution is 2.30. The molecule has 0 aliphatic carbocycles. The van der Waals surface area contributed by atoms with Crippen LogP contribution >= 0.6 is 11.8 Å². The van der Waals surface area contributed by atoms with Gasteiger partial charge in [0.25, 0.3) is 11.2 Å². The molecule has 1 aromatic heterocycles. The summed E-state index contributed by atoms with van der Waals surface area (Å²) < 4.78 is 11.8. The SMILES string of the molecule is COCCn1c(S[C@@H](C)C(=O)Nc2cc([N+](=O)[O-])ccc2OC)nc2ccccc2c1=O. The third kappa shape index (κ3) is 5.06. The van der Waals surface area contributed by atoms with Crippen LogP contribution in [0, 0.1) is 10.1 Å². The molecule has 1 N–H and O–H groups in total. The fourth-order valence-electron chi connectivity index (χ4n) is 2.97. The molecule has 168 valence electrons. The molecule has 0 aliphatic rings. The van der Waals surface area contributed by atoms with Gasteiger partial charge in [0.15, 0.2) is 5.16 Å². The van der Waals surface area contributed by atoms with Gasteiger partial charge in [-0.1, -0.05) is 23.9 Å². The van der Waals surface area contributed by atoms with Crippen LogP contribution in [0.25, 0.3) is 10.9 Å². The number of nitro groups is 1. The van der Waals surface area contributed by atoms with E-state index in [9.17, 15) is 19.7 Å². The number of carbonyl (C=O) groups excluding carboxylic acids is 1. The lowest BCUT2D eigenvalue weighted by atomic mass is 10.2. The van der Waals surface area contributed by atoms with E-state index < -0.39 is 16.1 Å². The van der Waals surface area contributed by atoms with Crippen LogP contribution in [0.4, 0.5) is 11.4 Å². The third-order valence-electron chi connectivity index (χ3n) is 4.65. The van der Waals surface area contributed by atoms with Gasteiger partial charge in [-0.05, 0) is 25.1 Å². The summed E-state index contributed by atoms with van der Waals surface area (Å²) >= 11 is 1.11. The Morgan fingerprint density at radius 1 is 1.28 bits per heavy atom. The number of non-ortho nitro benzene ring substituents is 1. The maximum atomic E-state index is 13.0. The fraction of sp³-hybridized carbons (Fsp3) is 0.286. The zero-order valence-corrected chi connectivity index (χ0v) is 18.5. The molecule has 0 bridgehead atoms. The van der Waals surface area contributed by atoms with Crippen molar-refractivity contribution in [1.29, 1.82) is 0 Å². The Labute approximate surface area is 187 Å². The summed E-state index contributed by atoms with van der Waals surface area (Å²) in [6.45, 7) is 2.24. The van der Waals surface area contributed by atoms with E-state index in [-0.39, 0.29) is 23.5 Å². The standard InChI is InChI=1S/C21H22N4O6S/c1-13(19(26)22-17-12-14(25(28)29)8-9-18(17)31-3)32-21-23-16-7-5-4-6-15(16)20(27)24(21)10-11-30-2/h4-9,12-13H,10-11H2,1-3H3,(H,22,26)/t13-/m0/s1. The number of carbonyl (C=O) groups is 1. The van der Waals surface area contributed by atoms with Crippen LogP contribution in [-0.2, 0) is 16.1 Å². The molecular formula is C21H22N4O6S.